The lowest BCUT2D eigenvalue weighted by atomic mass is 10.1. The van der Waals surface area contributed by atoms with Crippen LogP contribution in [0.25, 0.3) is 22.3 Å². The van der Waals surface area contributed by atoms with Crippen LogP contribution in [0.15, 0.2) is 118 Å². The second-order valence-corrected chi connectivity index (χ2v) is 7.62. The largest absolute Gasteiger partial charge is 0.452 e. The molecule has 170 valence electrons. The summed E-state index contributed by atoms with van der Waals surface area (Å²) < 4.78 is 17.3. The Morgan fingerprint density at radius 1 is 0.629 bits per heavy atom. The molecule has 35 heavy (non-hydrogen) atoms. The van der Waals surface area contributed by atoms with Crippen molar-refractivity contribution in [3.63, 3.8) is 0 Å². The molecule has 1 aromatic heterocycles. The maximum atomic E-state index is 12.9. The Balaban J connectivity index is 1.66. The zero-order chi connectivity index (χ0) is 24.2. The predicted octanol–water partition coefficient (Wildman–Crippen LogP) is 5.90. The van der Waals surface area contributed by atoms with E-state index in [0.29, 0.717) is 11.1 Å². The van der Waals surface area contributed by atoms with Crippen molar-refractivity contribution in [3.05, 3.63) is 131 Å². The first kappa shape index (κ1) is 21.9. The molecule has 0 bridgehead atoms. The number of rotatable bonds is 5. The average molecular weight is 462 g/mol. The molecule has 0 radical (unpaired) electrons. The van der Waals surface area contributed by atoms with Gasteiger partial charge >= 0.3 is 11.9 Å². The molecule has 0 atom stereocenters. The third-order valence-electron chi connectivity index (χ3n) is 5.29. The van der Waals surface area contributed by atoms with Crippen LogP contribution < -0.4 is 14.9 Å². The SMILES string of the molecule is O=C(Oc1ccc2c(=O)cc(-c3ccccc3)oc2c1OC(=O)c1ccccc1)c1ccccc1. The maximum Gasteiger partial charge on any atom is 0.343 e. The number of benzene rings is 4. The lowest BCUT2D eigenvalue weighted by molar-refractivity contribution is 0.0683. The van der Waals surface area contributed by atoms with Crippen LogP contribution in [0, 0.1) is 0 Å². The van der Waals surface area contributed by atoms with Crippen LogP contribution in [0.4, 0.5) is 0 Å². The highest BCUT2D eigenvalue weighted by atomic mass is 16.6. The quantitative estimate of drug-likeness (QED) is 0.239. The van der Waals surface area contributed by atoms with Gasteiger partial charge in [0.25, 0.3) is 0 Å². The van der Waals surface area contributed by atoms with Gasteiger partial charge in [-0.1, -0.05) is 66.7 Å². The molecule has 0 N–H and O–H groups in total. The molecule has 0 spiro atoms. The molecule has 1 heterocycles. The van der Waals surface area contributed by atoms with Crippen molar-refractivity contribution >= 4 is 22.9 Å². The molecule has 5 rings (SSSR count). The second-order valence-electron chi connectivity index (χ2n) is 7.62. The van der Waals surface area contributed by atoms with E-state index in [4.69, 9.17) is 13.9 Å². The van der Waals surface area contributed by atoms with Crippen molar-refractivity contribution in [2.45, 2.75) is 0 Å². The van der Waals surface area contributed by atoms with Crippen molar-refractivity contribution in [1.82, 2.24) is 0 Å². The van der Waals surface area contributed by atoms with E-state index in [1.807, 2.05) is 18.2 Å². The van der Waals surface area contributed by atoms with Gasteiger partial charge < -0.3 is 13.9 Å². The minimum Gasteiger partial charge on any atom is -0.452 e. The molecule has 0 saturated carbocycles. The van der Waals surface area contributed by atoms with Crippen LogP contribution >= 0.6 is 0 Å². The molecule has 0 saturated heterocycles. The van der Waals surface area contributed by atoms with E-state index in [0.717, 1.165) is 0 Å². The van der Waals surface area contributed by atoms with Gasteiger partial charge in [0.2, 0.25) is 5.75 Å². The Labute approximate surface area is 200 Å². The van der Waals surface area contributed by atoms with Gasteiger partial charge in [-0.25, -0.2) is 9.59 Å². The average Bonchev–Trinajstić information content (AvgIpc) is 2.91. The first-order chi connectivity index (χ1) is 17.1. The van der Waals surface area contributed by atoms with Gasteiger partial charge in [-0.3, -0.25) is 4.79 Å². The Kier molecular flexibility index (Phi) is 5.92. The van der Waals surface area contributed by atoms with Gasteiger partial charge in [0.1, 0.15) is 5.76 Å². The molecule has 0 aliphatic heterocycles. The van der Waals surface area contributed by atoms with E-state index in [1.165, 1.54) is 18.2 Å². The normalized spacial score (nSPS) is 10.6. The Bertz CT molecular complexity index is 1570. The zero-order valence-corrected chi connectivity index (χ0v) is 18.3. The molecule has 4 aromatic carbocycles. The van der Waals surface area contributed by atoms with Crippen LogP contribution in [0.5, 0.6) is 11.5 Å². The molecule has 5 aromatic rings. The molecule has 0 amide bonds. The first-order valence-electron chi connectivity index (χ1n) is 10.8. The van der Waals surface area contributed by atoms with Gasteiger partial charge in [0.05, 0.1) is 16.5 Å². The van der Waals surface area contributed by atoms with Crippen molar-refractivity contribution in [3.8, 4) is 22.8 Å². The molecule has 6 heteroatoms. The number of ether oxygens (including phenoxy) is 2. The summed E-state index contributed by atoms with van der Waals surface area (Å²) in [7, 11) is 0. The molecule has 0 fully saturated rings. The summed E-state index contributed by atoms with van der Waals surface area (Å²) in [5.41, 5.74) is 0.930. The third kappa shape index (κ3) is 4.58. The molecule has 0 aliphatic carbocycles. The molecular weight excluding hydrogens is 444 g/mol. The molecular formula is C29H18O6. The van der Waals surface area contributed by atoms with Crippen molar-refractivity contribution in [1.29, 1.82) is 0 Å². The van der Waals surface area contributed by atoms with Crippen molar-refractivity contribution in [2.75, 3.05) is 0 Å². The monoisotopic (exact) mass is 462 g/mol. The van der Waals surface area contributed by atoms with Gasteiger partial charge in [-0.15, -0.1) is 0 Å². The summed E-state index contributed by atoms with van der Waals surface area (Å²) in [6.07, 6.45) is 0. The Morgan fingerprint density at radius 3 is 1.77 bits per heavy atom. The summed E-state index contributed by atoms with van der Waals surface area (Å²) in [5.74, 6) is -1.27. The van der Waals surface area contributed by atoms with Crippen LogP contribution in [0.2, 0.25) is 0 Å². The number of hydrogen-bond acceptors (Lipinski definition) is 6. The minimum absolute atomic E-state index is 0.000930. The topological polar surface area (TPSA) is 82.8 Å². The molecule has 6 nitrogen and oxygen atoms in total. The van der Waals surface area contributed by atoms with Gasteiger partial charge in [-0.2, -0.15) is 0 Å². The number of carbonyl (C=O) groups is 2. The standard InChI is InChI=1S/C29H18O6/c30-23-18-25(19-10-4-1-5-11-19)33-26-22(23)16-17-24(34-28(31)20-12-6-2-7-13-20)27(26)35-29(32)21-14-8-3-9-15-21/h1-18H. The first-order valence-corrected chi connectivity index (χ1v) is 10.8. The molecule has 0 unspecified atom stereocenters. The van der Waals surface area contributed by atoms with E-state index in [-0.39, 0.29) is 39.2 Å². The highest BCUT2D eigenvalue weighted by molar-refractivity contribution is 5.97. The fraction of sp³-hybridized carbons (Fsp3) is 0. The summed E-state index contributed by atoms with van der Waals surface area (Å²) in [6, 6.07) is 30.1. The number of esters is 2. The van der Waals surface area contributed by atoms with Crippen molar-refractivity contribution < 1.29 is 23.5 Å². The van der Waals surface area contributed by atoms with E-state index >= 15 is 0 Å². The summed E-state index contributed by atoms with van der Waals surface area (Å²) in [4.78, 5) is 38.6. The van der Waals surface area contributed by atoms with E-state index in [9.17, 15) is 14.4 Å². The molecule has 0 aliphatic rings. The van der Waals surface area contributed by atoms with Gasteiger partial charge in [-0.05, 0) is 36.4 Å². The Hall–Kier alpha value is -4.97. The van der Waals surface area contributed by atoms with Gasteiger partial charge in [0.15, 0.2) is 16.8 Å². The number of hydrogen-bond donors (Lipinski definition) is 0. The van der Waals surface area contributed by atoms with Gasteiger partial charge in [0, 0.05) is 11.6 Å². The van der Waals surface area contributed by atoms with Crippen LogP contribution in [0.1, 0.15) is 20.7 Å². The fourth-order valence-electron chi connectivity index (χ4n) is 3.56. The van der Waals surface area contributed by atoms with E-state index < -0.39 is 11.9 Å². The summed E-state index contributed by atoms with van der Waals surface area (Å²) >= 11 is 0. The van der Waals surface area contributed by atoms with E-state index in [1.54, 1.807) is 72.8 Å². The lowest BCUT2D eigenvalue weighted by Gasteiger charge is -2.13. The maximum absolute atomic E-state index is 12.9. The van der Waals surface area contributed by atoms with E-state index in [2.05, 4.69) is 0 Å². The lowest BCUT2D eigenvalue weighted by Crippen LogP contribution is -2.13. The summed E-state index contributed by atoms with van der Waals surface area (Å²) in [6.45, 7) is 0. The third-order valence-corrected chi connectivity index (χ3v) is 5.29. The predicted molar refractivity (Wildman–Crippen MR) is 131 cm³/mol. The second kappa shape index (κ2) is 9.49. The summed E-state index contributed by atoms with van der Waals surface area (Å²) in [5, 5.41) is 0.181. The smallest absolute Gasteiger partial charge is 0.343 e. The zero-order valence-electron chi connectivity index (χ0n) is 18.3. The highest BCUT2D eigenvalue weighted by Crippen LogP contribution is 2.37. The fourth-order valence-corrected chi connectivity index (χ4v) is 3.56. The highest BCUT2D eigenvalue weighted by Gasteiger charge is 2.22. The van der Waals surface area contributed by atoms with Crippen LogP contribution in [-0.2, 0) is 0 Å². The number of carbonyl (C=O) groups excluding carboxylic acids is 2. The Morgan fingerprint density at radius 2 is 1.17 bits per heavy atom. The minimum atomic E-state index is -0.692. The van der Waals surface area contributed by atoms with Crippen LogP contribution in [0.3, 0.4) is 0 Å². The van der Waals surface area contributed by atoms with Crippen molar-refractivity contribution in [2.24, 2.45) is 0 Å². The number of fused-ring (bicyclic) bond motifs is 1. The van der Waals surface area contributed by atoms with Crippen LogP contribution in [-0.4, -0.2) is 11.9 Å².